The van der Waals surface area contributed by atoms with Crippen molar-refractivity contribution in [3.05, 3.63) is 36.1 Å². The second-order valence-electron chi connectivity index (χ2n) is 6.15. The number of fused-ring (bicyclic) bond motifs is 1. The van der Waals surface area contributed by atoms with Gasteiger partial charge >= 0.3 is 6.03 Å². The average molecular weight is 329 g/mol. The summed E-state index contributed by atoms with van der Waals surface area (Å²) in [6.45, 7) is 3.89. The summed E-state index contributed by atoms with van der Waals surface area (Å²) in [6, 6.07) is 9.12. The van der Waals surface area contributed by atoms with Gasteiger partial charge in [-0.15, -0.1) is 0 Å². The number of nitrogens with zero attached hydrogens (tertiary/aromatic N) is 1. The number of hydrogen-bond acceptors (Lipinski definition) is 3. The number of rotatable bonds is 5. The molecule has 1 aromatic carbocycles. The normalized spacial score (nSPS) is 15.5. The Bertz CT molecular complexity index is 686. The van der Waals surface area contributed by atoms with E-state index >= 15 is 0 Å². The molecule has 6 heteroatoms. The summed E-state index contributed by atoms with van der Waals surface area (Å²) in [5, 5.41) is 6.58. The lowest BCUT2D eigenvalue weighted by Gasteiger charge is -2.16. The molecule has 3 rings (SSSR count). The van der Waals surface area contributed by atoms with Crippen LogP contribution in [0.3, 0.4) is 0 Å². The zero-order valence-corrected chi connectivity index (χ0v) is 13.9. The van der Waals surface area contributed by atoms with Crippen molar-refractivity contribution in [2.45, 2.75) is 32.2 Å². The smallest absolute Gasteiger partial charge is 0.315 e. The standard InChI is InChI=1S/C18H23N3O3/c1-13(16-12-14-6-2-3-7-15(14)24-16)20-18(23)19-9-8-17(22)21-10-4-5-11-21/h2-3,6-7,12-13H,4-5,8-11H2,1H3,(H2,19,20,23). The average Bonchev–Trinajstić information content (AvgIpc) is 3.24. The number of amides is 3. The summed E-state index contributed by atoms with van der Waals surface area (Å²) in [5.41, 5.74) is 0.803. The zero-order valence-electron chi connectivity index (χ0n) is 13.9. The van der Waals surface area contributed by atoms with E-state index < -0.39 is 0 Å². The molecule has 24 heavy (non-hydrogen) atoms. The largest absolute Gasteiger partial charge is 0.459 e. The maximum absolute atomic E-state index is 12.0. The minimum atomic E-state index is -0.294. The lowest BCUT2D eigenvalue weighted by atomic mass is 10.2. The number of carbonyl (C=O) groups is 2. The Kier molecular flexibility index (Phi) is 5.03. The molecule has 1 aromatic heterocycles. The molecule has 1 atom stereocenters. The number of para-hydroxylation sites is 1. The summed E-state index contributed by atoms with van der Waals surface area (Å²) < 4.78 is 5.74. The molecule has 1 unspecified atom stereocenters. The molecule has 1 fully saturated rings. The molecular formula is C18H23N3O3. The molecule has 128 valence electrons. The van der Waals surface area contributed by atoms with Crippen molar-refractivity contribution in [1.82, 2.24) is 15.5 Å². The van der Waals surface area contributed by atoms with Crippen molar-refractivity contribution in [2.75, 3.05) is 19.6 Å². The highest BCUT2D eigenvalue weighted by Crippen LogP contribution is 2.23. The first-order valence-corrected chi connectivity index (χ1v) is 8.44. The Morgan fingerprint density at radius 3 is 2.75 bits per heavy atom. The fraction of sp³-hybridized carbons (Fsp3) is 0.444. The van der Waals surface area contributed by atoms with E-state index in [-0.39, 0.29) is 18.0 Å². The van der Waals surface area contributed by atoms with Crippen LogP contribution in [0.5, 0.6) is 0 Å². The summed E-state index contributed by atoms with van der Waals surface area (Å²) in [4.78, 5) is 25.7. The van der Waals surface area contributed by atoms with Crippen LogP contribution < -0.4 is 10.6 Å². The topological polar surface area (TPSA) is 74.6 Å². The van der Waals surface area contributed by atoms with Gasteiger partial charge < -0.3 is 20.0 Å². The van der Waals surface area contributed by atoms with Crippen LogP contribution in [0.2, 0.25) is 0 Å². The molecule has 6 nitrogen and oxygen atoms in total. The molecule has 3 amide bonds. The van der Waals surface area contributed by atoms with Crippen LogP contribution in [0.25, 0.3) is 11.0 Å². The van der Waals surface area contributed by atoms with Crippen molar-refractivity contribution in [1.29, 1.82) is 0 Å². The van der Waals surface area contributed by atoms with Gasteiger partial charge in [-0.25, -0.2) is 4.79 Å². The van der Waals surface area contributed by atoms with Gasteiger partial charge in [-0.1, -0.05) is 18.2 Å². The van der Waals surface area contributed by atoms with E-state index in [9.17, 15) is 9.59 Å². The Hall–Kier alpha value is -2.50. The lowest BCUT2D eigenvalue weighted by molar-refractivity contribution is -0.129. The van der Waals surface area contributed by atoms with Gasteiger partial charge in [0.05, 0.1) is 6.04 Å². The first-order chi connectivity index (χ1) is 11.6. The van der Waals surface area contributed by atoms with E-state index in [1.54, 1.807) is 0 Å². The molecule has 2 aromatic rings. The highest BCUT2D eigenvalue weighted by atomic mass is 16.3. The Morgan fingerprint density at radius 1 is 1.25 bits per heavy atom. The summed E-state index contributed by atoms with van der Waals surface area (Å²) in [5.74, 6) is 0.817. The minimum Gasteiger partial charge on any atom is -0.459 e. The van der Waals surface area contributed by atoms with Crippen LogP contribution in [-0.4, -0.2) is 36.5 Å². The zero-order chi connectivity index (χ0) is 16.9. The molecule has 0 radical (unpaired) electrons. The van der Waals surface area contributed by atoms with Gasteiger partial charge in [0.1, 0.15) is 11.3 Å². The third kappa shape index (κ3) is 3.88. The number of urea groups is 1. The predicted molar refractivity (Wildman–Crippen MR) is 91.6 cm³/mol. The van der Waals surface area contributed by atoms with Gasteiger partial charge in [0, 0.05) is 31.4 Å². The van der Waals surface area contributed by atoms with E-state index in [1.807, 2.05) is 42.2 Å². The molecule has 1 aliphatic rings. The van der Waals surface area contributed by atoms with Crippen molar-refractivity contribution in [3.8, 4) is 0 Å². The van der Waals surface area contributed by atoms with Crippen molar-refractivity contribution < 1.29 is 14.0 Å². The number of nitrogens with one attached hydrogen (secondary N) is 2. The molecule has 2 heterocycles. The first-order valence-electron chi connectivity index (χ1n) is 8.44. The Balaban J connectivity index is 1.44. The van der Waals surface area contributed by atoms with Crippen molar-refractivity contribution in [3.63, 3.8) is 0 Å². The molecular weight excluding hydrogens is 306 g/mol. The van der Waals surface area contributed by atoms with Gasteiger partial charge in [-0.3, -0.25) is 4.79 Å². The third-order valence-corrected chi connectivity index (χ3v) is 4.30. The van der Waals surface area contributed by atoms with Crippen molar-refractivity contribution in [2.24, 2.45) is 0 Å². The monoisotopic (exact) mass is 329 g/mol. The van der Waals surface area contributed by atoms with Crippen molar-refractivity contribution >= 4 is 22.9 Å². The number of likely N-dealkylation sites (tertiary alicyclic amines) is 1. The summed E-state index contributed by atoms with van der Waals surface area (Å²) in [6.07, 6.45) is 2.50. The van der Waals surface area contributed by atoms with Crippen LogP contribution >= 0.6 is 0 Å². The van der Waals surface area contributed by atoms with Gasteiger partial charge in [-0.2, -0.15) is 0 Å². The van der Waals surface area contributed by atoms with Crippen LogP contribution in [0.15, 0.2) is 34.7 Å². The Labute approximate surface area is 141 Å². The molecule has 0 spiro atoms. The third-order valence-electron chi connectivity index (χ3n) is 4.30. The van der Waals surface area contributed by atoms with E-state index in [1.165, 1.54) is 0 Å². The van der Waals surface area contributed by atoms with E-state index in [0.29, 0.717) is 18.7 Å². The highest BCUT2D eigenvalue weighted by Gasteiger charge is 2.18. The van der Waals surface area contributed by atoms with E-state index in [4.69, 9.17) is 4.42 Å². The SMILES string of the molecule is CC(NC(=O)NCCC(=O)N1CCCC1)c1cc2ccccc2o1. The van der Waals surface area contributed by atoms with Gasteiger partial charge in [0.2, 0.25) is 5.91 Å². The van der Waals surface area contributed by atoms with Crippen LogP contribution in [-0.2, 0) is 4.79 Å². The maximum Gasteiger partial charge on any atom is 0.315 e. The number of hydrogen-bond donors (Lipinski definition) is 2. The molecule has 2 N–H and O–H groups in total. The second kappa shape index (κ2) is 7.38. The summed E-state index contributed by atoms with van der Waals surface area (Å²) >= 11 is 0. The maximum atomic E-state index is 12.0. The fourth-order valence-corrected chi connectivity index (χ4v) is 2.94. The minimum absolute atomic E-state index is 0.109. The first kappa shape index (κ1) is 16.4. The molecule has 0 bridgehead atoms. The lowest BCUT2D eigenvalue weighted by Crippen LogP contribution is -2.39. The van der Waals surface area contributed by atoms with E-state index in [0.717, 1.165) is 36.9 Å². The van der Waals surface area contributed by atoms with Crippen LogP contribution in [0.1, 0.15) is 38.0 Å². The fourth-order valence-electron chi connectivity index (χ4n) is 2.94. The molecule has 0 aliphatic carbocycles. The molecule has 1 saturated heterocycles. The van der Waals surface area contributed by atoms with Gasteiger partial charge in [0.25, 0.3) is 0 Å². The van der Waals surface area contributed by atoms with Gasteiger partial charge in [-0.05, 0) is 31.9 Å². The van der Waals surface area contributed by atoms with E-state index in [2.05, 4.69) is 10.6 Å². The number of carbonyl (C=O) groups excluding carboxylic acids is 2. The van der Waals surface area contributed by atoms with Crippen LogP contribution in [0, 0.1) is 0 Å². The quantitative estimate of drug-likeness (QED) is 0.886. The Morgan fingerprint density at radius 2 is 2.00 bits per heavy atom. The highest BCUT2D eigenvalue weighted by molar-refractivity contribution is 5.79. The number of benzene rings is 1. The summed E-state index contributed by atoms with van der Waals surface area (Å²) in [7, 11) is 0. The molecule has 1 aliphatic heterocycles. The molecule has 0 saturated carbocycles. The van der Waals surface area contributed by atoms with Crippen LogP contribution in [0.4, 0.5) is 4.79 Å². The number of furan rings is 1. The van der Waals surface area contributed by atoms with Gasteiger partial charge in [0.15, 0.2) is 0 Å². The second-order valence-corrected chi connectivity index (χ2v) is 6.15. The predicted octanol–water partition coefficient (Wildman–Crippen LogP) is 2.81.